The van der Waals surface area contributed by atoms with Gasteiger partial charge in [-0.2, -0.15) is 13.2 Å². The Kier molecular flexibility index (Phi) is 3.39. The smallest absolute Gasteiger partial charge is 0.382 e. The lowest BCUT2D eigenvalue weighted by molar-refractivity contribution is -0.137. The molecule has 0 bridgehead atoms. The van der Waals surface area contributed by atoms with Gasteiger partial charge in [0.05, 0.1) is 5.56 Å². The van der Waals surface area contributed by atoms with Crippen molar-refractivity contribution < 1.29 is 13.2 Å². The molecule has 0 spiro atoms. The van der Waals surface area contributed by atoms with Gasteiger partial charge in [-0.3, -0.25) is 0 Å². The molecule has 1 aromatic carbocycles. The fourth-order valence-corrected chi connectivity index (χ4v) is 2.31. The van der Waals surface area contributed by atoms with Gasteiger partial charge in [-0.25, -0.2) is 0 Å². The van der Waals surface area contributed by atoms with E-state index in [2.05, 4.69) is 21.2 Å². The molecule has 1 aliphatic carbocycles. The van der Waals surface area contributed by atoms with Gasteiger partial charge in [-0.15, -0.1) is 0 Å². The van der Waals surface area contributed by atoms with Crippen LogP contribution in [0.15, 0.2) is 22.7 Å². The van der Waals surface area contributed by atoms with Crippen LogP contribution in [0.1, 0.15) is 25.3 Å². The van der Waals surface area contributed by atoms with Crippen LogP contribution in [-0.2, 0) is 6.18 Å². The van der Waals surface area contributed by atoms with Crippen LogP contribution in [0.5, 0.6) is 0 Å². The van der Waals surface area contributed by atoms with Gasteiger partial charge >= 0.3 is 6.18 Å². The molecule has 1 unspecified atom stereocenters. The molecule has 17 heavy (non-hydrogen) atoms. The van der Waals surface area contributed by atoms with E-state index in [0.717, 1.165) is 25.0 Å². The molecule has 1 fully saturated rings. The first-order valence-corrected chi connectivity index (χ1v) is 6.30. The SMILES string of the molecule is CC(Nc1cc(Br)cc(C(F)(F)F)c1)C1CC1. The van der Waals surface area contributed by atoms with E-state index in [1.165, 1.54) is 0 Å². The number of alkyl halides is 3. The molecule has 1 aliphatic rings. The van der Waals surface area contributed by atoms with Gasteiger partial charge in [0.15, 0.2) is 0 Å². The fourth-order valence-electron chi connectivity index (χ4n) is 1.81. The summed E-state index contributed by atoms with van der Waals surface area (Å²) < 4.78 is 38.3. The monoisotopic (exact) mass is 307 g/mol. The van der Waals surface area contributed by atoms with Crippen molar-refractivity contribution in [2.24, 2.45) is 5.92 Å². The maximum atomic E-state index is 12.6. The second-order valence-corrected chi connectivity index (χ2v) is 5.41. The Hall–Kier alpha value is -0.710. The van der Waals surface area contributed by atoms with E-state index in [0.29, 0.717) is 16.1 Å². The molecule has 0 heterocycles. The summed E-state index contributed by atoms with van der Waals surface area (Å²) in [7, 11) is 0. The summed E-state index contributed by atoms with van der Waals surface area (Å²) >= 11 is 3.11. The first-order chi connectivity index (χ1) is 7.86. The lowest BCUT2D eigenvalue weighted by Gasteiger charge is -2.16. The van der Waals surface area contributed by atoms with E-state index < -0.39 is 11.7 Å². The minimum atomic E-state index is -4.30. The molecule has 0 saturated heterocycles. The average Bonchev–Trinajstić information content (AvgIpc) is 2.97. The number of benzene rings is 1. The van der Waals surface area contributed by atoms with Crippen LogP contribution in [0, 0.1) is 5.92 Å². The molecular formula is C12H13BrF3N. The van der Waals surface area contributed by atoms with E-state index in [9.17, 15) is 13.2 Å². The minimum absolute atomic E-state index is 0.227. The standard InChI is InChI=1S/C12H13BrF3N/c1-7(8-2-3-8)17-11-5-9(12(14,15)16)4-10(13)6-11/h4-8,17H,2-3H2,1H3. The van der Waals surface area contributed by atoms with Gasteiger partial charge in [-0.05, 0) is 43.9 Å². The highest BCUT2D eigenvalue weighted by molar-refractivity contribution is 9.10. The third kappa shape index (κ3) is 3.37. The van der Waals surface area contributed by atoms with Crippen molar-refractivity contribution in [3.8, 4) is 0 Å². The summed E-state index contributed by atoms with van der Waals surface area (Å²) in [5.74, 6) is 0.600. The van der Waals surface area contributed by atoms with Gasteiger partial charge < -0.3 is 5.32 Å². The molecule has 1 nitrogen and oxygen atoms in total. The van der Waals surface area contributed by atoms with Gasteiger partial charge in [0, 0.05) is 16.2 Å². The van der Waals surface area contributed by atoms with E-state index in [1.54, 1.807) is 6.07 Å². The molecule has 5 heteroatoms. The summed E-state index contributed by atoms with van der Waals surface area (Å²) in [4.78, 5) is 0. The Labute approximate surface area is 107 Å². The second kappa shape index (κ2) is 4.52. The van der Waals surface area contributed by atoms with Gasteiger partial charge in [0.1, 0.15) is 0 Å². The number of anilines is 1. The van der Waals surface area contributed by atoms with Crippen molar-refractivity contribution in [3.05, 3.63) is 28.2 Å². The Morgan fingerprint density at radius 3 is 2.47 bits per heavy atom. The first-order valence-electron chi connectivity index (χ1n) is 5.50. The van der Waals surface area contributed by atoms with Crippen molar-refractivity contribution in [1.82, 2.24) is 0 Å². The highest BCUT2D eigenvalue weighted by atomic mass is 79.9. The van der Waals surface area contributed by atoms with E-state index >= 15 is 0 Å². The fraction of sp³-hybridized carbons (Fsp3) is 0.500. The van der Waals surface area contributed by atoms with Crippen LogP contribution in [0.4, 0.5) is 18.9 Å². The van der Waals surface area contributed by atoms with Crippen LogP contribution in [-0.4, -0.2) is 6.04 Å². The molecule has 0 aromatic heterocycles. The Morgan fingerprint density at radius 2 is 1.94 bits per heavy atom. The highest BCUT2D eigenvalue weighted by Gasteiger charge is 2.32. The molecule has 0 aliphatic heterocycles. The van der Waals surface area contributed by atoms with Crippen molar-refractivity contribution in [3.63, 3.8) is 0 Å². The summed E-state index contributed by atoms with van der Waals surface area (Å²) in [5.41, 5.74) is -0.108. The van der Waals surface area contributed by atoms with Crippen LogP contribution < -0.4 is 5.32 Å². The molecule has 1 N–H and O–H groups in total. The molecule has 1 atom stereocenters. The van der Waals surface area contributed by atoms with E-state index in [-0.39, 0.29) is 6.04 Å². The van der Waals surface area contributed by atoms with Crippen molar-refractivity contribution in [2.45, 2.75) is 32.0 Å². The molecule has 0 amide bonds. The number of nitrogens with one attached hydrogen (secondary N) is 1. The quantitative estimate of drug-likeness (QED) is 0.855. The molecule has 1 aromatic rings. The van der Waals surface area contributed by atoms with Crippen molar-refractivity contribution >= 4 is 21.6 Å². The first kappa shape index (κ1) is 12.7. The third-order valence-electron chi connectivity index (χ3n) is 2.95. The van der Waals surface area contributed by atoms with Crippen LogP contribution in [0.25, 0.3) is 0 Å². The molecule has 2 rings (SSSR count). The Morgan fingerprint density at radius 1 is 1.29 bits per heavy atom. The molecule has 1 saturated carbocycles. The normalized spacial score (nSPS) is 17.9. The predicted molar refractivity (Wildman–Crippen MR) is 65.0 cm³/mol. The summed E-state index contributed by atoms with van der Waals surface area (Å²) in [6, 6.07) is 4.15. The zero-order valence-corrected chi connectivity index (χ0v) is 10.9. The summed E-state index contributed by atoms with van der Waals surface area (Å²) in [6.45, 7) is 2.01. The zero-order chi connectivity index (χ0) is 12.6. The van der Waals surface area contributed by atoms with E-state index in [4.69, 9.17) is 0 Å². The predicted octanol–water partition coefficient (Wildman–Crippen LogP) is 4.68. The van der Waals surface area contributed by atoms with Crippen LogP contribution in [0.2, 0.25) is 0 Å². The highest BCUT2D eigenvalue weighted by Crippen LogP contribution is 2.36. The van der Waals surface area contributed by atoms with Gasteiger partial charge in [0.25, 0.3) is 0 Å². The Balaban J connectivity index is 2.19. The summed E-state index contributed by atoms with van der Waals surface area (Å²) in [5, 5.41) is 3.13. The van der Waals surface area contributed by atoms with Crippen LogP contribution in [0.3, 0.4) is 0 Å². The largest absolute Gasteiger partial charge is 0.416 e. The summed E-state index contributed by atoms with van der Waals surface area (Å²) in [6.07, 6.45) is -1.98. The maximum Gasteiger partial charge on any atom is 0.416 e. The average molecular weight is 308 g/mol. The number of hydrogen-bond acceptors (Lipinski definition) is 1. The molecular weight excluding hydrogens is 295 g/mol. The topological polar surface area (TPSA) is 12.0 Å². The number of hydrogen-bond donors (Lipinski definition) is 1. The van der Waals surface area contributed by atoms with Gasteiger partial charge in [-0.1, -0.05) is 15.9 Å². The third-order valence-corrected chi connectivity index (χ3v) is 3.41. The van der Waals surface area contributed by atoms with Crippen LogP contribution >= 0.6 is 15.9 Å². The lowest BCUT2D eigenvalue weighted by Crippen LogP contribution is -2.17. The zero-order valence-electron chi connectivity index (χ0n) is 9.31. The second-order valence-electron chi connectivity index (χ2n) is 4.50. The number of rotatable bonds is 3. The number of halogens is 4. The van der Waals surface area contributed by atoms with Crippen molar-refractivity contribution in [1.29, 1.82) is 0 Å². The maximum absolute atomic E-state index is 12.6. The lowest BCUT2D eigenvalue weighted by atomic mass is 10.1. The van der Waals surface area contributed by atoms with Crippen molar-refractivity contribution in [2.75, 3.05) is 5.32 Å². The van der Waals surface area contributed by atoms with Gasteiger partial charge in [0.2, 0.25) is 0 Å². The molecule has 94 valence electrons. The van der Waals surface area contributed by atoms with E-state index in [1.807, 2.05) is 6.92 Å². The molecule has 0 radical (unpaired) electrons. The minimum Gasteiger partial charge on any atom is -0.382 e. The Bertz CT molecular complexity index is 413.